The minimum absolute atomic E-state index is 0.0383. The summed E-state index contributed by atoms with van der Waals surface area (Å²) in [5.41, 5.74) is 0. The van der Waals surface area contributed by atoms with E-state index in [4.69, 9.17) is 0 Å². The smallest absolute Gasteiger partial charge is 0.306 e. The van der Waals surface area contributed by atoms with Gasteiger partial charge in [0, 0.05) is 6.04 Å². The molecule has 0 amide bonds. The summed E-state index contributed by atoms with van der Waals surface area (Å²) in [6, 6.07) is 0.0383. The third-order valence-electron chi connectivity index (χ3n) is 3.64. The van der Waals surface area contributed by atoms with Gasteiger partial charge in [-0.1, -0.05) is 19.8 Å². The second kappa shape index (κ2) is 7.85. The van der Waals surface area contributed by atoms with Crippen molar-refractivity contribution >= 4 is 15.8 Å². The molecule has 1 aliphatic rings. The number of sulfone groups is 1. The Bertz CT molecular complexity index is 380. The van der Waals surface area contributed by atoms with Gasteiger partial charge < -0.3 is 10.1 Å². The summed E-state index contributed by atoms with van der Waals surface area (Å²) in [4.78, 5) is 11.1. The average Bonchev–Trinajstić information content (AvgIpc) is 2.42. The lowest BCUT2D eigenvalue weighted by molar-refractivity contribution is -0.140. The first kappa shape index (κ1) is 16.4. The molecule has 2 unspecified atom stereocenters. The Morgan fingerprint density at radius 3 is 2.63 bits per heavy atom. The van der Waals surface area contributed by atoms with Crippen LogP contribution in [0.25, 0.3) is 0 Å². The van der Waals surface area contributed by atoms with E-state index < -0.39 is 15.8 Å². The minimum Gasteiger partial charge on any atom is -0.469 e. The lowest BCUT2D eigenvalue weighted by atomic mass is 9.95. The van der Waals surface area contributed by atoms with Gasteiger partial charge in [-0.15, -0.1) is 0 Å². The summed E-state index contributed by atoms with van der Waals surface area (Å²) < 4.78 is 29.2. The molecular weight excluding hydrogens is 266 g/mol. The van der Waals surface area contributed by atoms with Crippen LogP contribution in [0.1, 0.15) is 45.4 Å². The van der Waals surface area contributed by atoms with Gasteiger partial charge in [0.25, 0.3) is 0 Å². The molecule has 19 heavy (non-hydrogen) atoms. The first-order valence-corrected chi connectivity index (χ1v) is 8.74. The van der Waals surface area contributed by atoms with E-state index >= 15 is 0 Å². The van der Waals surface area contributed by atoms with Crippen LogP contribution in [0.3, 0.4) is 0 Å². The number of nitrogens with one attached hydrogen (secondary N) is 1. The molecule has 1 saturated carbocycles. The maximum Gasteiger partial charge on any atom is 0.306 e. The van der Waals surface area contributed by atoms with E-state index in [9.17, 15) is 13.2 Å². The van der Waals surface area contributed by atoms with Gasteiger partial charge in [-0.2, -0.15) is 0 Å². The molecule has 0 aromatic heterocycles. The van der Waals surface area contributed by atoms with Crippen LogP contribution in [0, 0.1) is 0 Å². The fourth-order valence-electron chi connectivity index (χ4n) is 2.57. The standard InChI is InChI=1S/C13H25NO4S/c1-3-9-14-11-6-4-5-7-12(11)19(16,17)10-8-13(15)18-2/h11-12,14H,3-10H2,1-2H3. The highest BCUT2D eigenvalue weighted by molar-refractivity contribution is 7.92. The lowest BCUT2D eigenvalue weighted by Gasteiger charge is -2.31. The number of rotatable bonds is 7. The van der Waals surface area contributed by atoms with Crippen molar-refractivity contribution in [1.82, 2.24) is 5.32 Å². The maximum atomic E-state index is 12.3. The number of esters is 1. The fourth-order valence-corrected chi connectivity index (χ4v) is 4.58. The molecule has 0 radical (unpaired) electrons. The van der Waals surface area contributed by atoms with E-state index in [1.54, 1.807) is 0 Å². The van der Waals surface area contributed by atoms with Crippen LogP contribution in [0.4, 0.5) is 0 Å². The van der Waals surface area contributed by atoms with Gasteiger partial charge in [0.15, 0.2) is 9.84 Å². The predicted octanol–water partition coefficient (Wildman–Crippen LogP) is 1.28. The summed E-state index contributed by atoms with van der Waals surface area (Å²) in [6.45, 7) is 2.91. The van der Waals surface area contributed by atoms with E-state index in [1.807, 2.05) is 0 Å². The zero-order valence-electron chi connectivity index (χ0n) is 11.9. The Labute approximate surface area is 116 Å². The highest BCUT2D eigenvalue weighted by Gasteiger charge is 2.35. The summed E-state index contributed by atoms with van der Waals surface area (Å²) in [7, 11) is -1.95. The highest BCUT2D eigenvalue weighted by Crippen LogP contribution is 2.25. The molecule has 5 nitrogen and oxygen atoms in total. The SMILES string of the molecule is CCCNC1CCCCC1S(=O)(=O)CCC(=O)OC. The molecule has 1 fully saturated rings. The van der Waals surface area contributed by atoms with Gasteiger partial charge in [-0.05, 0) is 25.8 Å². The Morgan fingerprint density at radius 1 is 1.32 bits per heavy atom. The third kappa shape index (κ3) is 5.10. The van der Waals surface area contributed by atoms with Crippen LogP contribution in [-0.4, -0.2) is 45.1 Å². The van der Waals surface area contributed by atoms with Gasteiger partial charge in [-0.3, -0.25) is 4.79 Å². The molecule has 0 bridgehead atoms. The van der Waals surface area contributed by atoms with Gasteiger partial charge in [0.1, 0.15) is 0 Å². The number of carbonyl (C=O) groups is 1. The molecule has 1 N–H and O–H groups in total. The van der Waals surface area contributed by atoms with Crippen molar-refractivity contribution in [2.24, 2.45) is 0 Å². The molecule has 2 atom stereocenters. The fraction of sp³-hybridized carbons (Fsp3) is 0.923. The topological polar surface area (TPSA) is 72.5 Å². The van der Waals surface area contributed by atoms with Crippen molar-refractivity contribution < 1.29 is 17.9 Å². The predicted molar refractivity (Wildman–Crippen MR) is 74.8 cm³/mol. The van der Waals surface area contributed by atoms with Crippen LogP contribution in [0.2, 0.25) is 0 Å². The number of carbonyl (C=O) groups excluding carboxylic acids is 1. The quantitative estimate of drug-likeness (QED) is 0.715. The summed E-state index contributed by atoms with van der Waals surface area (Å²) in [6.07, 6.45) is 4.57. The van der Waals surface area contributed by atoms with Crippen molar-refractivity contribution in [3.63, 3.8) is 0 Å². The Balaban J connectivity index is 2.64. The van der Waals surface area contributed by atoms with Crippen molar-refractivity contribution in [3.8, 4) is 0 Å². The van der Waals surface area contributed by atoms with E-state index in [-0.39, 0.29) is 23.5 Å². The van der Waals surface area contributed by atoms with Crippen molar-refractivity contribution in [2.45, 2.75) is 56.7 Å². The molecule has 1 aliphatic carbocycles. The summed E-state index contributed by atoms with van der Waals surface area (Å²) in [5.74, 6) is -0.563. The first-order chi connectivity index (χ1) is 9.01. The summed E-state index contributed by atoms with van der Waals surface area (Å²) in [5, 5.41) is 2.98. The van der Waals surface area contributed by atoms with E-state index in [1.165, 1.54) is 7.11 Å². The molecule has 0 aliphatic heterocycles. The normalized spacial score (nSPS) is 24.1. The zero-order valence-corrected chi connectivity index (χ0v) is 12.7. The van der Waals surface area contributed by atoms with Crippen molar-refractivity contribution in [3.05, 3.63) is 0 Å². The van der Waals surface area contributed by atoms with Crippen LogP contribution in [-0.2, 0) is 19.4 Å². The minimum atomic E-state index is -3.23. The summed E-state index contributed by atoms with van der Waals surface area (Å²) >= 11 is 0. The van der Waals surface area contributed by atoms with E-state index in [2.05, 4.69) is 17.0 Å². The second-order valence-electron chi connectivity index (χ2n) is 5.08. The van der Waals surface area contributed by atoms with Crippen molar-refractivity contribution in [1.29, 1.82) is 0 Å². The molecule has 0 spiro atoms. The Hall–Kier alpha value is -0.620. The van der Waals surface area contributed by atoms with Crippen LogP contribution >= 0.6 is 0 Å². The molecule has 1 rings (SSSR count). The third-order valence-corrected chi connectivity index (χ3v) is 5.90. The van der Waals surface area contributed by atoms with Gasteiger partial charge >= 0.3 is 5.97 Å². The molecule has 6 heteroatoms. The highest BCUT2D eigenvalue weighted by atomic mass is 32.2. The number of hydrogen-bond acceptors (Lipinski definition) is 5. The average molecular weight is 291 g/mol. The van der Waals surface area contributed by atoms with Gasteiger partial charge in [0.05, 0.1) is 24.5 Å². The number of ether oxygens (including phenoxy) is 1. The maximum absolute atomic E-state index is 12.3. The number of hydrogen-bond donors (Lipinski definition) is 1. The zero-order chi connectivity index (χ0) is 14.3. The molecule has 0 aromatic carbocycles. The first-order valence-electron chi connectivity index (χ1n) is 7.03. The monoisotopic (exact) mass is 291 g/mol. The Kier molecular flexibility index (Phi) is 6.79. The van der Waals surface area contributed by atoms with E-state index in [0.29, 0.717) is 6.42 Å². The van der Waals surface area contributed by atoms with E-state index in [0.717, 1.165) is 32.2 Å². The van der Waals surface area contributed by atoms with Crippen LogP contribution in [0.15, 0.2) is 0 Å². The molecule has 0 aromatic rings. The largest absolute Gasteiger partial charge is 0.469 e. The number of methoxy groups -OCH3 is 1. The second-order valence-corrected chi connectivity index (χ2v) is 7.42. The van der Waals surface area contributed by atoms with Crippen molar-refractivity contribution in [2.75, 3.05) is 19.4 Å². The molecule has 112 valence electrons. The van der Waals surface area contributed by atoms with Crippen LogP contribution in [0.5, 0.6) is 0 Å². The molecular formula is C13H25NO4S. The van der Waals surface area contributed by atoms with Gasteiger partial charge in [-0.25, -0.2) is 8.42 Å². The van der Waals surface area contributed by atoms with Crippen LogP contribution < -0.4 is 5.32 Å². The van der Waals surface area contributed by atoms with Gasteiger partial charge in [0.2, 0.25) is 0 Å². The molecule has 0 heterocycles. The lowest BCUT2D eigenvalue weighted by Crippen LogP contribution is -2.47. The molecule has 0 saturated heterocycles. The Morgan fingerprint density at radius 2 is 2.00 bits per heavy atom.